The summed E-state index contributed by atoms with van der Waals surface area (Å²) in [6.45, 7) is 3.47. The SMILES string of the molecule is C[C@@]1(c2ccccc2)OP(I)N2CCC[C@@H]21. The molecule has 0 amide bonds. The predicted octanol–water partition coefficient (Wildman–Crippen LogP) is 4.06. The molecule has 3 atom stereocenters. The minimum absolute atomic E-state index is 0.0926. The highest BCUT2D eigenvalue weighted by Crippen LogP contribution is 2.66. The molecule has 0 saturated carbocycles. The third-order valence-corrected chi connectivity index (χ3v) is 7.34. The van der Waals surface area contributed by atoms with Gasteiger partial charge in [-0.1, -0.05) is 30.3 Å². The Labute approximate surface area is 111 Å². The lowest BCUT2D eigenvalue weighted by molar-refractivity contribution is 0.0901. The summed E-state index contributed by atoms with van der Waals surface area (Å²) in [5.74, 6) is -0.414. The van der Waals surface area contributed by atoms with E-state index in [1.54, 1.807) is 0 Å². The van der Waals surface area contributed by atoms with Crippen molar-refractivity contribution >= 4 is 28.0 Å². The van der Waals surface area contributed by atoms with E-state index < -0.39 is 5.94 Å². The van der Waals surface area contributed by atoms with E-state index in [0.717, 1.165) is 0 Å². The van der Waals surface area contributed by atoms with Gasteiger partial charge in [0.15, 0.2) is 5.94 Å². The van der Waals surface area contributed by atoms with Crippen LogP contribution in [0.2, 0.25) is 0 Å². The van der Waals surface area contributed by atoms with Crippen molar-refractivity contribution in [2.24, 2.45) is 0 Å². The average Bonchev–Trinajstić information content (AvgIpc) is 2.86. The van der Waals surface area contributed by atoms with Crippen molar-refractivity contribution < 1.29 is 4.52 Å². The molecule has 0 N–H and O–H groups in total. The normalized spacial score (nSPS) is 38.9. The van der Waals surface area contributed by atoms with Crippen molar-refractivity contribution in [1.82, 2.24) is 4.67 Å². The Kier molecular flexibility index (Phi) is 2.99. The van der Waals surface area contributed by atoms with Gasteiger partial charge in [0.2, 0.25) is 0 Å². The Morgan fingerprint density at radius 2 is 2.19 bits per heavy atom. The molecule has 2 aliphatic rings. The summed E-state index contributed by atoms with van der Waals surface area (Å²) in [6, 6.07) is 11.3. The van der Waals surface area contributed by atoms with Gasteiger partial charge >= 0.3 is 0 Å². The van der Waals surface area contributed by atoms with Gasteiger partial charge in [0.05, 0.1) is 0 Å². The third kappa shape index (κ3) is 1.64. The molecule has 1 aromatic carbocycles. The summed E-state index contributed by atoms with van der Waals surface area (Å²) in [5, 5.41) is 0. The van der Waals surface area contributed by atoms with E-state index in [0.29, 0.717) is 6.04 Å². The number of nitrogens with zero attached hydrogens (tertiary/aromatic N) is 1. The molecule has 1 aromatic rings. The lowest BCUT2D eigenvalue weighted by Crippen LogP contribution is -2.36. The van der Waals surface area contributed by atoms with Crippen LogP contribution in [-0.4, -0.2) is 17.3 Å². The van der Waals surface area contributed by atoms with Gasteiger partial charge in [-0.2, -0.15) is 0 Å². The average molecular weight is 347 g/mol. The summed E-state index contributed by atoms with van der Waals surface area (Å²) in [5.41, 5.74) is 1.23. The van der Waals surface area contributed by atoms with Crippen molar-refractivity contribution in [3.05, 3.63) is 35.9 Å². The molecular formula is C12H15INOP. The van der Waals surface area contributed by atoms with E-state index in [9.17, 15) is 0 Å². The highest BCUT2D eigenvalue weighted by atomic mass is 127. The van der Waals surface area contributed by atoms with Gasteiger partial charge in [-0.3, -0.25) is 0 Å². The lowest BCUT2D eigenvalue weighted by Gasteiger charge is -2.29. The summed E-state index contributed by atoms with van der Waals surface area (Å²) < 4.78 is 8.84. The first-order chi connectivity index (χ1) is 7.72. The van der Waals surface area contributed by atoms with Crippen LogP contribution in [0.15, 0.2) is 30.3 Å². The van der Waals surface area contributed by atoms with Crippen LogP contribution in [0.1, 0.15) is 25.3 Å². The smallest absolute Gasteiger partial charge is 0.173 e. The van der Waals surface area contributed by atoms with E-state index in [1.165, 1.54) is 24.9 Å². The van der Waals surface area contributed by atoms with E-state index in [1.807, 2.05) is 0 Å². The molecule has 0 bridgehead atoms. The van der Waals surface area contributed by atoms with E-state index in [-0.39, 0.29) is 5.60 Å². The first-order valence-corrected chi connectivity index (χ1v) is 9.69. The second kappa shape index (κ2) is 4.20. The van der Waals surface area contributed by atoms with E-state index in [4.69, 9.17) is 4.52 Å². The number of rotatable bonds is 1. The Balaban J connectivity index is 1.99. The van der Waals surface area contributed by atoms with Crippen molar-refractivity contribution in [2.75, 3.05) is 6.54 Å². The highest BCUT2D eigenvalue weighted by Gasteiger charge is 2.52. The zero-order valence-corrected chi connectivity index (χ0v) is 12.3. The standard InChI is InChI=1S/C12H15INOP/c1-12(10-6-3-2-4-7-10)11-8-5-9-14(11)16(13)15-12/h2-4,6-7,11H,5,8-9H2,1H3/t11-,12+,16?/m1/s1. The number of benzene rings is 1. The first-order valence-electron chi connectivity index (χ1n) is 5.69. The van der Waals surface area contributed by atoms with Crippen LogP contribution >= 0.6 is 28.0 Å². The van der Waals surface area contributed by atoms with Crippen LogP contribution in [0.25, 0.3) is 0 Å². The molecular weight excluding hydrogens is 332 g/mol. The van der Waals surface area contributed by atoms with Gasteiger partial charge in [0, 0.05) is 12.6 Å². The largest absolute Gasteiger partial charge is 0.323 e. The Morgan fingerprint density at radius 1 is 1.44 bits per heavy atom. The molecule has 0 aliphatic carbocycles. The molecule has 16 heavy (non-hydrogen) atoms. The molecule has 0 radical (unpaired) electrons. The number of halogens is 1. The fraction of sp³-hybridized carbons (Fsp3) is 0.500. The summed E-state index contributed by atoms with van der Waals surface area (Å²) in [4.78, 5) is 0. The fourth-order valence-corrected chi connectivity index (χ4v) is 7.06. The number of fused-ring (bicyclic) bond motifs is 1. The van der Waals surface area contributed by atoms with Crippen LogP contribution in [0.5, 0.6) is 0 Å². The molecule has 2 aliphatic heterocycles. The summed E-state index contributed by atoms with van der Waals surface area (Å²) >= 11 is 2.47. The topological polar surface area (TPSA) is 12.5 Å². The predicted molar refractivity (Wildman–Crippen MR) is 75.5 cm³/mol. The first kappa shape index (κ1) is 11.4. The summed E-state index contributed by atoms with van der Waals surface area (Å²) in [7, 11) is 0. The van der Waals surface area contributed by atoms with Gasteiger partial charge < -0.3 is 4.52 Å². The second-order valence-corrected chi connectivity index (χ2v) is 8.24. The monoisotopic (exact) mass is 347 g/mol. The van der Waals surface area contributed by atoms with Crippen LogP contribution in [-0.2, 0) is 10.1 Å². The zero-order chi connectivity index (χ0) is 11.2. The molecule has 2 saturated heterocycles. The minimum atomic E-state index is -0.414. The lowest BCUT2D eigenvalue weighted by atomic mass is 9.87. The molecule has 0 aromatic heterocycles. The van der Waals surface area contributed by atoms with Crippen molar-refractivity contribution in [1.29, 1.82) is 0 Å². The second-order valence-electron chi connectivity index (χ2n) is 4.61. The maximum absolute atomic E-state index is 6.28. The van der Waals surface area contributed by atoms with Crippen LogP contribution < -0.4 is 0 Å². The van der Waals surface area contributed by atoms with Gasteiger partial charge in [0.1, 0.15) is 5.60 Å². The number of hydrogen-bond donors (Lipinski definition) is 0. The molecule has 1 unspecified atom stereocenters. The maximum Gasteiger partial charge on any atom is 0.173 e. The van der Waals surface area contributed by atoms with Gasteiger partial charge in [-0.05, 0) is 47.4 Å². The van der Waals surface area contributed by atoms with Crippen molar-refractivity contribution in [3.63, 3.8) is 0 Å². The maximum atomic E-state index is 6.28. The Hall–Kier alpha value is 0.300. The highest BCUT2D eigenvalue weighted by molar-refractivity contribution is 14.2. The molecule has 86 valence electrons. The Bertz CT molecular complexity index is 388. The molecule has 4 heteroatoms. The molecule has 2 heterocycles. The quantitative estimate of drug-likeness (QED) is 0.561. The minimum Gasteiger partial charge on any atom is -0.323 e. The van der Waals surface area contributed by atoms with E-state index >= 15 is 0 Å². The van der Waals surface area contributed by atoms with Gasteiger partial charge in [-0.15, -0.1) is 0 Å². The van der Waals surface area contributed by atoms with E-state index in [2.05, 4.69) is 64.0 Å². The van der Waals surface area contributed by atoms with Gasteiger partial charge in [0.25, 0.3) is 0 Å². The van der Waals surface area contributed by atoms with Crippen molar-refractivity contribution in [2.45, 2.75) is 31.4 Å². The molecule has 0 spiro atoms. The van der Waals surface area contributed by atoms with Crippen molar-refractivity contribution in [3.8, 4) is 0 Å². The molecule has 3 rings (SSSR count). The van der Waals surface area contributed by atoms with Gasteiger partial charge in [-0.25, -0.2) is 4.67 Å². The number of hydrogen-bond acceptors (Lipinski definition) is 2. The zero-order valence-electron chi connectivity index (χ0n) is 9.27. The van der Waals surface area contributed by atoms with Crippen LogP contribution in [0, 0.1) is 0 Å². The fourth-order valence-electron chi connectivity index (χ4n) is 2.78. The van der Waals surface area contributed by atoms with Crippen LogP contribution in [0.4, 0.5) is 0 Å². The molecule has 2 fully saturated rings. The Morgan fingerprint density at radius 3 is 2.94 bits per heavy atom. The summed E-state index contributed by atoms with van der Waals surface area (Å²) in [6.07, 6.45) is 2.59. The third-order valence-electron chi connectivity index (χ3n) is 3.67. The van der Waals surface area contributed by atoms with Crippen LogP contribution in [0.3, 0.4) is 0 Å². The molecule has 2 nitrogen and oxygen atoms in total.